The smallest absolute Gasteiger partial charge is 0.244 e. The lowest BCUT2D eigenvalue weighted by molar-refractivity contribution is 0.542. The normalized spacial score (nSPS) is 21.4. The first-order valence-corrected chi connectivity index (χ1v) is 9.02. The topological polar surface area (TPSA) is 97.1 Å². The van der Waals surface area contributed by atoms with E-state index in [-0.39, 0.29) is 27.7 Å². The molecular formula is C15H17ClN4O2S. The van der Waals surface area contributed by atoms with E-state index in [1.54, 1.807) is 0 Å². The molecule has 0 amide bonds. The van der Waals surface area contributed by atoms with Gasteiger partial charge >= 0.3 is 0 Å². The van der Waals surface area contributed by atoms with Gasteiger partial charge in [-0.2, -0.15) is 0 Å². The van der Waals surface area contributed by atoms with Gasteiger partial charge in [0.05, 0.1) is 5.02 Å². The highest BCUT2D eigenvalue weighted by molar-refractivity contribution is 7.89. The fourth-order valence-electron chi connectivity index (χ4n) is 2.76. The molecule has 2 atom stereocenters. The second-order valence-corrected chi connectivity index (χ2v) is 7.56. The monoisotopic (exact) mass is 352 g/mol. The Labute approximate surface area is 140 Å². The maximum atomic E-state index is 12.6. The van der Waals surface area contributed by atoms with Crippen LogP contribution in [0.3, 0.4) is 0 Å². The molecular weight excluding hydrogens is 336 g/mol. The van der Waals surface area contributed by atoms with Crippen LogP contribution in [-0.2, 0) is 10.0 Å². The third-order valence-corrected chi connectivity index (χ3v) is 5.61. The number of benzene rings is 1. The van der Waals surface area contributed by atoms with Crippen molar-refractivity contribution in [1.82, 2.24) is 15.0 Å². The number of pyridine rings is 1. The molecule has 1 saturated heterocycles. The molecule has 1 aromatic heterocycles. The van der Waals surface area contributed by atoms with Crippen LogP contribution in [0.5, 0.6) is 0 Å². The Hall–Kier alpha value is -1.67. The summed E-state index contributed by atoms with van der Waals surface area (Å²) in [5.41, 5.74) is 6.78. The minimum atomic E-state index is -3.80. The molecule has 0 radical (unpaired) electrons. The minimum absolute atomic E-state index is 0.0549. The Kier molecular flexibility index (Phi) is 4.54. The van der Waals surface area contributed by atoms with Crippen molar-refractivity contribution in [3.8, 4) is 0 Å². The van der Waals surface area contributed by atoms with Gasteiger partial charge in [0.15, 0.2) is 0 Å². The third-order valence-electron chi connectivity index (χ3n) is 3.89. The number of anilines is 1. The summed E-state index contributed by atoms with van der Waals surface area (Å²) in [7, 11) is -3.80. The molecule has 0 spiro atoms. The van der Waals surface area contributed by atoms with Crippen LogP contribution in [0, 0.1) is 0 Å². The predicted molar refractivity (Wildman–Crippen MR) is 89.8 cm³/mol. The van der Waals surface area contributed by atoms with Gasteiger partial charge in [0, 0.05) is 31.2 Å². The Bertz CT molecular complexity index is 798. The van der Waals surface area contributed by atoms with Crippen molar-refractivity contribution in [2.45, 2.75) is 16.9 Å². The van der Waals surface area contributed by atoms with Crippen LogP contribution in [0.2, 0.25) is 5.02 Å². The first-order valence-electron chi connectivity index (χ1n) is 7.16. The minimum Gasteiger partial charge on any atom is -0.383 e. The summed E-state index contributed by atoms with van der Waals surface area (Å²) >= 11 is 5.84. The average molecular weight is 353 g/mol. The lowest BCUT2D eigenvalue weighted by Crippen LogP contribution is -2.39. The summed E-state index contributed by atoms with van der Waals surface area (Å²) in [5, 5.41) is 3.45. The molecule has 0 bridgehead atoms. The van der Waals surface area contributed by atoms with Crippen molar-refractivity contribution in [2.24, 2.45) is 0 Å². The fourth-order valence-corrected chi connectivity index (χ4v) is 4.37. The maximum Gasteiger partial charge on any atom is 0.244 e. The standard InChI is InChI=1S/C15H17ClN4O2S/c16-11-6-14(15(17)19-7-11)23(21,22)20-13-9-18-8-12(13)10-4-2-1-3-5-10/h1-7,12-13,18,20H,8-9H2,(H2,17,19)/t12-,13+/m0/s1. The van der Waals surface area contributed by atoms with Gasteiger partial charge in [-0.05, 0) is 11.6 Å². The van der Waals surface area contributed by atoms with Crippen molar-refractivity contribution in [2.75, 3.05) is 18.8 Å². The zero-order chi connectivity index (χ0) is 16.4. The van der Waals surface area contributed by atoms with Crippen LogP contribution in [0.15, 0.2) is 47.5 Å². The van der Waals surface area contributed by atoms with Gasteiger partial charge in [-0.3, -0.25) is 0 Å². The van der Waals surface area contributed by atoms with Crippen molar-refractivity contribution < 1.29 is 8.42 Å². The molecule has 6 nitrogen and oxygen atoms in total. The fraction of sp³-hybridized carbons (Fsp3) is 0.267. The molecule has 23 heavy (non-hydrogen) atoms. The van der Waals surface area contributed by atoms with Crippen molar-refractivity contribution >= 4 is 27.4 Å². The largest absolute Gasteiger partial charge is 0.383 e. The van der Waals surface area contributed by atoms with Gasteiger partial charge in [0.25, 0.3) is 0 Å². The van der Waals surface area contributed by atoms with Crippen LogP contribution in [-0.4, -0.2) is 32.5 Å². The van der Waals surface area contributed by atoms with E-state index in [4.69, 9.17) is 17.3 Å². The van der Waals surface area contributed by atoms with Crippen LogP contribution in [0.4, 0.5) is 5.82 Å². The summed E-state index contributed by atoms with van der Waals surface area (Å²) in [6.07, 6.45) is 1.32. The molecule has 2 aromatic rings. The second-order valence-electron chi connectivity index (χ2n) is 5.44. The van der Waals surface area contributed by atoms with E-state index >= 15 is 0 Å². The molecule has 122 valence electrons. The number of rotatable bonds is 4. The van der Waals surface area contributed by atoms with Gasteiger partial charge in [-0.1, -0.05) is 41.9 Å². The lowest BCUT2D eigenvalue weighted by Gasteiger charge is -2.20. The molecule has 1 aliphatic heterocycles. The van der Waals surface area contributed by atoms with Crippen LogP contribution in [0.1, 0.15) is 11.5 Å². The van der Waals surface area contributed by atoms with Crippen LogP contribution >= 0.6 is 11.6 Å². The highest BCUT2D eigenvalue weighted by atomic mass is 35.5. The van der Waals surface area contributed by atoms with E-state index in [2.05, 4.69) is 15.0 Å². The lowest BCUT2D eigenvalue weighted by atomic mass is 9.95. The number of nitrogens with one attached hydrogen (secondary N) is 2. The van der Waals surface area contributed by atoms with E-state index in [0.717, 1.165) is 5.56 Å². The number of nitrogen functional groups attached to an aromatic ring is 1. The molecule has 1 fully saturated rings. The Morgan fingerprint density at radius 1 is 1.26 bits per heavy atom. The number of hydrogen-bond donors (Lipinski definition) is 3. The van der Waals surface area contributed by atoms with E-state index in [9.17, 15) is 8.42 Å². The first-order chi connectivity index (χ1) is 11.0. The zero-order valence-electron chi connectivity index (χ0n) is 12.2. The Morgan fingerprint density at radius 2 is 2.00 bits per heavy atom. The first kappa shape index (κ1) is 16.2. The molecule has 0 saturated carbocycles. The van der Waals surface area contributed by atoms with E-state index in [1.165, 1.54) is 12.3 Å². The van der Waals surface area contributed by atoms with Gasteiger partial charge in [0.2, 0.25) is 10.0 Å². The molecule has 0 unspecified atom stereocenters. The summed E-state index contributed by atoms with van der Waals surface area (Å²) in [4.78, 5) is 3.71. The average Bonchev–Trinajstić information content (AvgIpc) is 2.98. The maximum absolute atomic E-state index is 12.6. The quantitative estimate of drug-likeness (QED) is 0.771. The van der Waals surface area contributed by atoms with E-state index in [0.29, 0.717) is 13.1 Å². The van der Waals surface area contributed by atoms with Gasteiger partial charge in [0.1, 0.15) is 10.7 Å². The van der Waals surface area contributed by atoms with Crippen molar-refractivity contribution in [3.63, 3.8) is 0 Å². The molecule has 4 N–H and O–H groups in total. The molecule has 1 aliphatic rings. The van der Waals surface area contributed by atoms with Gasteiger partial charge in [-0.25, -0.2) is 18.1 Å². The number of hydrogen-bond acceptors (Lipinski definition) is 5. The summed E-state index contributed by atoms with van der Waals surface area (Å²) in [6.45, 7) is 1.26. The Balaban J connectivity index is 1.86. The highest BCUT2D eigenvalue weighted by Gasteiger charge is 2.33. The zero-order valence-corrected chi connectivity index (χ0v) is 13.8. The predicted octanol–water partition coefficient (Wildman–Crippen LogP) is 1.35. The summed E-state index contributed by atoms with van der Waals surface area (Å²) in [5.74, 6) is -0.0107. The van der Waals surface area contributed by atoms with E-state index < -0.39 is 10.0 Å². The number of sulfonamides is 1. The molecule has 3 rings (SSSR count). The van der Waals surface area contributed by atoms with Gasteiger partial charge in [-0.15, -0.1) is 0 Å². The van der Waals surface area contributed by atoms with Crippen molar-refractivity contribution in [1.29, 1.82) is 0 Å². The summed E-state index contributed by atoms with van der Waals surface area (Å²) in [6, 6.07) is 10.9. The number of halogens is 1. The van der Waals surface area contributed by atoms with E-state index in [1.807, 2.05) is 30.3 Å². The van der Waals surface area contributed by atoms with Gasteiger partial charge < -0.3 is 11.1 Å². The van der Waals surface area contributed by atoms with Crippen LogP contribution in [0.25, 0.3) is 0 Å². The number of nitrogens with zero attached hydrogens (tertiary/aromatic N) is 1. The van der Waals surface area contributed by atoms with Crippen LogP contribution < -0.4 is 15.8 Å². The third kappa shape index (κ3) is 3.48. The van der Waals surface area contributed by atoms with Crippen molar-refractivity contribution in [3.05, 3.63) is 53.2 Å². The molecule has 0 aliphatic carbocycles. The Morgan fingerprint density at radius 3 is 2.74 bits per heavy atom. The second kappa shape index (κ2) is 6.45. The molecule has 2 heterocycles. The molecule has 1 aromatic carbocycles. The highest BCUT2D eigenvalue weighted by Crippen LogP contribution is 2.26. The number of aromatic nitrogens is 1. The number of nitrogens with two attached hydrogens (primary N) is 1. The summed E-state index contributed by atoms with van der Waals surface area (Å²) < 4.78 is 28.0. The SMILES string of the molecule is Nc1ncc(Cl)cc1S(=O)(=O)N[C@@H]1CNC[C@H]1c1ccccc1. The molecule has 8 heteroatoms.